The molecule has 2 aromatic carbocycles. The number of anilines is 1. The fourth-order valence-electron chi connectivity index (χ4n) is 2.32. The second-order valence-electron chi connectivity index (χ2n) is 5.62. The minimum atomic E-state index is -3.08. The third-order valence-corrected chi connectivity index (χ3v) is 3.74. The maximum Gasteiger partial charge on any atom is 0.387 e. The summed E-state index contributed by atoms with van der Waals surface area (Å²) in [5.41, 5.74) is -0.247. The highest BCUT2D eigenvalue weighted by Crippen LogP contribution is 2.26. The van der Waals surface area contributed by atoms with Gasteiger partial charge in [-0.15, -0.1) is 0 Å². The lowest BCUT2D eigenvalue weighted by Crippen LogP contribution is -2.30. The predicted molar refractivity (Wildman–Crippen MR) is 94.4 cm³/mol. The van der Waals surface area contributed by atoms with Gasteiger partial charge in [-0.25, -0.2) is 4.79 Å². The molecule has 0 saturated heterocycles. The Morgan fingerprint density at radius 1 is 1.14 bits per heavy atom. The van der Waals surface area contributed by atoms with E-state index in [-0.39, 0.29) is 28.3 Å². The summed E-state index contributed by atoms with van der Waals surface area (Å²) in [5, 5.41) is 13.3. The van der Waals surface area contributed by atoms with Crippen LogP contribution in [-0.2, 0) is 9.53 Å². The normalized spacial score (nSPS) is 11.6. The van der Waals surface area contributed by atoms with Crippen LogP contribution in [0, 0.1) is 17.0 Å². The Hall–Kier alpha value is -3.56. The fourth-order valence-corrected chi connectivity index (χ4v) is 2.32. The highest BCUT2D eigenvalue weighted by atomic mass is 19.3. The topological polar surface area (TPSA) is 108 Å². The van der Waals surface area contributed by atoms with Crippen LogP contribution in [0.5, 0.6) is 5.75 Å². The fraction of sp³-hybridized carbons (Fsp3) is 0.222. The lowest BCUT2D eigenvalue weighted by molar-refractivity contribution is -0.385. The number of esters is 1. The highest BCUT2D eigenvalue weighted by molar-refractivity contribution is 5.98. The van der Waals surface area contributed by atoms with Crippen molar-refractivity contribution in [1.29, 1.82) is 0 Å². The molecule has 0 heterocycles. The average molecular weight is 394 g/mol. The van der Waals surface area contributed by atoms with E-state index in [2.05, 4.69) is 10.1 Å². The van der Waals surface area contributed by atoms with E-state index in [0.29, 0.717) is 0 Å². The molecule has 0 spiro atoms. The number of nitro benzene ring substituents is 1. The van der Waals surface area contributed by atoms with Crippen molar-refractivity contribution in [3.05, 3.63) is 63.7 Å². The summed E-state index contributed by atoms with van der Waals surface area (Å²) in [6.07, 6.45) is -1.30. The summed E-state index contributed by atoms with van der Waals surface area (Å²) in [5.74, 6) is -1.97. The van der Waals surface area contributed by atoms with Gasteiger partial charge in [0.05, 0.1) is 16.2 Å². The Balaban J connectivity index is 2.10. The zero-order valence-electron chi connectivity index (χ0n) is 14.8. The standard InChI is InChI=1S/C18H16F2N2O6/c1-10-12(6-5-8-14(10)22(25)26)17(24)27-11(2)16(23)21-13-7-3-4-9-15(13)28-18(19)20/h3-9,11,18H,1-2H3,(H,21,23). The summed E-state index contributed by atoms with van der Waals surface area (Å²) in [7, 11) is 0. The number of rotatable bonds is 7. The molecular weight excluding hydrogens is 378 g/mol. The Bertz CT molecular complexity index is 903. The van der Waals surface area contributed by atoms with E-state index in [1.165, 1.54) is 56.3 Å². The average Bonchev–Trinajstić information content (AvgIpc) is 2.62. The van der Waals surface area contributed by atoms with Crippen LogP contribution in [0.15, 0.2) is 42.5 Å². The molecular formula is C18H16F2N2O6. The summed E-state index contributed by atoms with van der Waals surface area (Å²) >= 11 is 0. The molecule has 1 N–H and O–H groups in total. The Morgan fingerprint density at radius 2 is 1.82 bits per heavy atom. The predicted octanol–water partition coefficient (Wildman–Crippen LogP) is 3.69. The van der Waals surface area contributed by atoms with Crippen molar-refractivity contribution in [2.24, 2.45) is 0 Å². The van der Waals surface area contributed by atoms with Crippen LogP contribution in [0.25, 0.3) is 0 Å². The third-order valence-electron chi connectivity index (χ3n) is 3.74. The number of nitrogens with zero attached hydrogens (tertiary/aromatic N) is 1. The van der Waals surface area contributed by atoms with Crippen molar-refractivity contribution in [3.63, 3.8) is 0 Å². The molecule has 0 aliphatic heterocycles. The Morgan fingerprint density at radius 3 is 2.46 bits per heavy atom. The molecule has 0 aliphatic carbocycles. The number of nitrogens with one attached hydrogen (secondary N) is 1. The number of alkyl halides is 2. The number of hydrogen-bond donors (Lipinski definition) is 1. The van der Waals surface area contributed by atoms with E-state index >= 15 is 0 Å². The molecule has 2 rings (SSSR count). The van der Waals surface area contributed by atoms with Gasteiger partial charge in [-0.2, -0.15) is 8.78 Å². The molecule has 2 aromatic rings. The number of ether oxygens (including phenoxy) is 2. The number of hydrogen-bond acceptors (Lipinski definition) is 6. The molecule has 28 heavy (non-hydrogen) atoms. The van der Waals surface area contributed by atoms with Gasteiger partial charge in [0.15, 0.2) is 6.10 Å². The minimum absolute atomic E-state index is 0.0257. The minimum Gasteiger partial charge on any atom is -0.449 e. The van der Waals surface area contributed by atoms with E-state index in [9.17, 15) is 28.5 Å². The first-order valence-electron chi connectivity index (χ1n) is 8.00. The maximum atomic E-state index is 12.4. The van der Waals surface area contributed by atoms with Crippen LogP contribution >= 0.6 is 0 Å². The highest BCUT2D eigenvalue weighted by Gasteiger charge is 2.24. The molecule has 0 aromatic heterocycles. The first kappa shape index (κ1) is 20.7. The molecule has 0 aliphatic rings. The van der Waals surface area contributed by atoms with Gasteiger partial charge >= 0.3 is 12.6 Å². The molecule has 0 bridgehead atoms. The first-order valence-corrected chi connectivity index (χ1v) is 8.00. The second-order valence-corrected chi connectivity index (χ2v) is 5.62. The zero-order valence-corrected chi connectivity index (χ0v) is 14.8. The van der Waals surface area contributed by atoms with E-state index in [1.807, 2.05) is 0 Å². The molecule has 148 valence electrons. The van der Waals surface area contributed by atoms with Crippen molar-refractivity contribution >= 4 is 23.3 Å². The SMILES string of the molecule is Cc1c(C(=O)OC(C)C(=O)Nc2ccccc2OC(F)F)cccc1[N+](=O)[O-]. The van der Waals surface area contributed by atoms with E-state index in [0.717, 1.165) is 0 Å². The Kier molecular flexibility index (Phi) is 6.59. The number of amides is 1. The van der Waals surface area contributed by atoms with Gasteiger partial charge in [-0.05, 0) is 32.0 Å². The molecule has 0 saturated carbocycles. The van der Waals surface area contributed by atoms with Crippen molar-refractivity contribution in [1.82, 2.24) is 0 Å². The van der Waals surface area contributed by atoms with Crippen LogP contribution in [0.4, 0.5) is 20.2 Å². The van der Waals surface area contributed by atoms with Crippen LogP contribution in [-0.4, -0.2) is 29.5 Å². The molecule has 0 radical (unpaired) electrons. The summed E-state index contributed by atoms with van der Waals surface area (Å²) in [6, 6.07) is 9.42. The van der Waals surface area contributed by atoms with Crippen molar-refractivity contribution < 1.29 is 32.8 Å². The third kappa shape index (κ3) is 5.00. The van der Waals surface area contributed by atoms with E-state index in [1.54, 1.807) is 0 Å². The maximum absolute atomic E-state index is 12.4. The number of benzene rings is 2. The Labute approximate surface area is 158 Å². The number of halogens is 2. The summed E-state index contributed by atoms with van der Waals surface area (Å²) in [6.45, 7) is -0.418. The molecule has 1 atom stereocenters. The van der Waals surface area contributed by atoms with Crippen molar-refractivity contribution in [2.45, 2.75) is 26.6 Å². The summed E-state index contributed by atoms with van der Waals surface area (Å²) in [4.78, 5) is 34.8. The molecule has 8 nitrogen and oxygen atoms in total. The lowest BCUT2D eigenvalue weighted by atomic mass is 10.1. The molecule has 0 fully saturated rings. The van der Waals surface area contributed by atoms with Gasteiger partial charge in [-0.1, -0.05) is 18.2 Å². The van der Waals surface area contributed by atoms with E-state index in [4.69, 9.17) is 4.74 Å². The quantitative estimate of drug-likeness (QED) is 0.436. The molecule has 1 amide bonds. The van der Waals surface area contributed by atoms with Gasteiger partial charge in [0.25, 0.3) is 11.6 Å². The number of carbonyl (C=O) groups is 2. The zero-order chi connectivity index (χ0) is 20.8. The lowest BCUT2D eigenvalue weighted by Gasteiger charge is -2.16. The van der Waals surface area contributed by atoms with Gasteiger partial charge in [0, 0.05) is 11.6 Å². The first-order chi connectivity index (χ1) is 13.2. The number of para-hydroxylation sites is 2. The number of carbonyl (C=O) groups excluding carboxylic acids is 2. The van der Waals surface area contributed by atoms with Gasteiger partial charge in [0.1, 0.15) is 5.75 Å². The van der Waals surface area contributed by atoms with Crippen LogP contribution in [0.2, 0.25) is 0 Å². The smallest absolute Gasteiger partial charge is 0.387 e. The van der Waals surface area contributed by atoms with Gasteiger partial charge in [0.2, 0.25) is 0 Å². The molecule has 1 unspecified atom stereocenters. The molecule has 10 heteroatoms. The largest absolute Gasteiger partial charge is 0.449 e. The van der Waals surface area contributed by atoms with Gasteiger partial charge < -0.3 is 14.8 Å². The van der Waals surface area contributed by atoms with E-state index < -0.39 is 29.5 Å². The van der Waals surface area contributed by atoms with Crippen LogP contribution in [0.1, 0.15) is 22.8 Å². The monoisotopic (exact) mass is 394 g/mol. The van der Waals surface area contributed by atoms with Crippen LogP contribution in [0.3, 0.4) is 0 Å². The number of nitro groups is 1. The summed E-state index contributed by atoms with van der Waals surface area (Å²) < 4.78 is 34.2. The van der Waals surface area contributed by atoms with Gasteiger partial charge in [-0.3, -0.25) is 14.9 Å². The second kappa shape index (κ2) is 8.89. The van der Waals surface area contributed by atoms with Crippen molar-refractivity contribution in [2.75, 3.05) is 5.32 Å². The van der Waals surface area contributed by atoms with Crippen molar-refractivity contribution in [3.8, 4) is 5.75 Å². The van der Waals surface area contributed by atoms with Crippen LogP contribution < -0.4 is 10.1 Å².